The minimum Gasteiger partial charge on any atom is -0.299 e. The number of piperidine rings is 2. The van der Waals surface area contributed by atoms with Crippen molar-refractivity contribution in [3.05, 3.63) is 71.3 Å². The summed E-state index contributed by atoms with van der Waals surface area (Å²) in [6, 6.07) is 13.9. The summed E-state index contributed by atoms with van der Waals surface area (Å²) in [7, 11) is 0. The molecule has 2 fully saturated rings. The van der Waals surface area contributed by atoms with E-state index in [1.807, 2.05) is 18.2 Å². The molecule has 0 radical (unpaired) electrons. The minimum absolute atomic E-state index is 0.0347. The molecule has 2 aromatic carbocycles. The maximum atomic E-state index is 14.0. The largest absolute Gasteiger partial charge is 0.299 e. The fourth-order valence-electron chi connectivity index (χ4n) is 4.82. The monoisotopic (exact) mass is 398 g/mol. The van der Waals surface area contributed by atoms with Gasteiger partial charge in [0.25, 0.3) is 0 Å². The molecular weight excluding hydrogens is 374 g/mol. The van der Waals surface area contributed by atoms with Crippen molar-refractivity contribution in [1.82, 2.24) is 10.2 Å². The second-order valence-electron chi connectivity index (χ2n) is 8.01. The van der Waals surface area contributed by atoms with Gasteiger partial charge in [0.1, 0.15) is 0 Å². The lowest BCUT2D eigenvalue weighted by molar-refractivity contribution is -0.140. The van der Waals surface area contributed by atoms with E-state index in [-0.39, 0.29) is 24.2 Å². The lowest BCUT2D eigenvalue weighted by Crippen LogP contribution is -2.57. The Morgan fingerprint density at radius 2 is 1.72 bits per heavy atom. The summed E-state index contributed by atoms with van der Waals surface area (Å²) in [6.07, 6.45) is 2.04. The number of halogens is 2. The Morgan fingerprint density at radius 3 is 2.38 bits per heavy atom. The Kier molecular flexibility index (Phi) is 5.46. The van der Waals surface area contributed by atoms with Gasteiger partial charge >= 0.3 is 0 Å². The van der Waals surface area contributed by atoms with Gasteiger partial charge in [0.05, 0.1) is 5.41 Å². The van der Waals surface area contributed by atoms with Gasteiger partial charge in [-0.1, -0.05) is 36.4 Å². The fourth-order valence-corrected chi connectivity index (χ4v) is 4.82. The third-order valence-corrected chi connectivity index (χ3v) is 6.37. The molecule has 152 valence electrons. The molecule has 0 aromatic heterocycles. The molecule has 4 rings (SSSR count). The van der Waals surface area contributed by atoms with Gasteiger partial charge in [-0.15, -0.1) is 0 Å². The van der Waals surface area contributed by atoms with Gasteiger partial charge in [0.15, 0.2) is 11.6 Å². The Hall–Kier alpha value is -2.60. The van der Waals surface area contributed by atoms with Crippen molar-refractivity contribution < 1.29 is 18.4 Å². The number of benzene rings is 2. The summed E-state index contributed by atoms with van der Waals surface area (Å²) in [5, 5.41) is 2.44. The third kappa shape index (κ3) is 3.81. The van der Waals surface area contributed by atoms with Crippen LogP contribution in [0.1, 0.15) is 36.8 Å². The molecule has 2 saturated heterocycles. The van der Waals surface area contributed by atoms with Crippen molar-refractivity contribution in [2.45, 2.75) is 37.6 Å². The average Bonchev–Trinajstić information content (AvgIpc) is 2.72. The van der Waals surface area contributed by atoms with Crippen LogP contribution in [0.2, 0.25) is 0 Å². The molecule has 2 heterocycles. The molecule has 1 N–H and O–H groups in total. The van der Waals surface area contributed by atoms with E-state index >= 15 is 0 Å². The van der Waals surface area contributed by atoms with Gasteiger partial charge in [-0.2, -0.15) is 0 Å². The van der Waals surface area contributed by atoms with Gasteiger partial charge in [0.2, 0.25) is 11.8 Å². The topological polar surface area (TPSA) is 49.4 Å². The molecule has 2 aliphatic heterocycles. The Balaban J connectivity index is 1.57. The first-order valence-electron chi connectivity index (χ1n) is 10.0. The van der Waals surface area contributed by atoms with E-state index in [0.29, 0.717) is 12.0 Å². The van der Waals surface area contributed by atoms with Crippen LogP contribution < -0.4 is 5.32 Å². The Bertz CT molecular complexity index is 910. The molecule has 2 aliphatic rings. The quantitative estimate of drug-likeness (QED) is 0.802. The van der Waals surface area contributed by atoms with Crippen LogP contribution in [0.25, 0.3) is 0 Å². The molecule has 1 atom stereocenters. The van der Waals surface area contributed by atoms with E-state index < -0.39 is 17.0 Å². The highest BCUT2D eigenvalue weighted by molar-refractivity contribution is 6.03. The van der Waals surface area contributed by atoms with Crippen LogP contribution in [-0.2, 0) is 21.5 Å². The van der Waals surface area contributed by atoms with Gasteiger partial charge in [-0.25, -0.2) is 8.78 Å². The number of carbonyl (C=O) groups is 2. The normalized spacial score (nSPS) is 23.8. The number of hydrogen-bond acceptors (Lipinski definition) is 3. The van der Waals surface area contributed by atoms with Crippen molar-refractivity contribution >= 4 is 11.8 Å². The molecule has 0 saturated carbocycles. The second kappa shape index (κ2) is 8.03. The van der Waals surface area contributed by atoms with Crippen LogP contribution >= 0.6 is 0 Å². The fraction of sp³-hybridized carbons (Fsp3) is 0.391. The number of likely N-dealkylation sites (tertiary alicyclic amines) is 1. The highest BCUT2D eigenvalue weighted by atomic mass is 19.2. The van der Waals surface area contributed by atoms with Crippen molar-refractivity contribution in [3.8, 4) is 0 Å². The van der Waals surface area contributed by atoms with Crippen molar-refractivity contribution in [1.29, 1.82) is 0 Å². The van der Waals surface area contributed by atoms with Crippen LogP contribution in [0.5, 0.6) is 0 Å². The number of nitrogens with zero attached hydrogens (tertiary/aromatic N) is 1. The molecule has 0 spiro atoms. The van der Waals surface area contributed by atoms with Crippen molar-refractivity contribution in [3.63, 3.8) is 0 Å². The second-order valence-corrected chi connectivity index (χ2v) is 8.01. The van der Waals surface area contributed by atoms with E-state index in [1.165, 1.54) is 11.6 Å². The highest BCUT2D eigenvalue weighted by Gasteiger charge is 2.50. The summed E-state index contributed by atoms with van der Waals surface area (Å²) in [5.74, 6) is -2.63. The van der Waals surface area contributed by atoms with Crippen molar-refractivity contribution in [2.75, 3.05) is 13.1 Å². The number of amides is 2. The maximum absolute atomic E-state index is 14.0. The molecule has 2 amide bonds. The molecule has 4 nitrogen and oxygen atoms in total. The lowest BCUT2D eigenvalue weighted by atomic mass is 9.62. The molecular formula is C23H24F2N2O2. The summed E-state index contributed by atoms with van der Waals surface area (Å²) in [6.45, 7) is 2.47. The van der Waals surface area contributed by atoms with E-state index in [0.717, 1.165) is 44.6 Å². The van der Waals surface area contributed by atoms with Crippen LogP contribution in [-0.4, -0.2) is 29.8 Å². The van der Waals surface area contributed by atoms with Gasteiger partial charge < -0.3 is 0 Å². The van der Waals surface area contributed by atoms with Gasteiger partial charge in [-0.3, -0.25) is 19.8 Å². The van der Waals surface area contributed by atoms with Crippen LogP contribution in [0.15, 0.2) is 48.5 Å². The number of rotatable bonds is 4. The summed E-state index contributed by atoms with van der Waals surface area (Å²) < 4.78 is 27.5. The van der Waals surface area contributed by atoms with Crippen molar-refractivity contribution in [2.24, 2.45) is 5.92 Å². The van der Waals surface area contributed by atoms with E-state index in [4.69, 9.17) is 0 Å². The predicted octanol–water partition coefficient (Wildman–Crippen LogP) is 3.55. The van der Waals surface area contributed by atoms with Crippen LogP contribution in [0.4, 0.5) is 8.78 Å². The first-order chi connectivity index (χ1) is 14.0. The number of nitrogens with one attached hydrogen (secondary N) is 1. The van der Waals surface area contributed by atoms with Gasteiger partial charge in [-0.05, 0) is 61.5 Å². The minimum atomic E-state index is -0.999. The smallest absolute Gasteiger partial charge is 0.237 e. The Morgan fingerprint density at radius 1 is 1.00 bits per heavy atom. The molecule has 0 aliphatic carbocycles. The summed E-state index contributed by atoms with van der Waals surface area (Å²) in [4.78, 5) is 27.2. The van der Waals surface area contributed by atoms with Gasteiger partial charge in [0, 0.05) is 13.0 Å². The first kappa shape index (κ1) is 19.7. The molecule has 0 bridgehead atoms. The summed E-state index contributed by atoms with van der Waals surface area (Å²) >= 11 is 0. The number of hydrogen-bond donors (Lipinski definition) is 1. The molecule has 6 heteroatoms. The maximum Gasteiger partial charge on any atom is 0.237 e. The number of imide groups is 1. The van der Waals surface area contributed by atoms with E-state index in [9.17, 15) is 18.4 Å². The molecule has 1 unspecified atom stereocenters. The molecule has 29 heavy (non-hydrogen) atoms. The molecule has 2 aromatic rings. The highest BCUT2D eigenvalue weighted by Crippen LogP contribution is 2.44. The Labute approximate surface area is 168 Å². The lowest BCUT2D eigenvalue weighted by Gasteiger charge is -2.45. The predicted molar refractivity (Wildman–Crippen MR) is 105 cm³/mol. The zero-order valence-electron chi connectivity index (χ0n) is 16.2. The van der Waals surface area contributed by atoms with E-state index in [1.54, 1.807) is 0 Å². The number of carbonyl (C=O) groups excluding carboxylic acids is 2. The zero-order chi connectivity index (χ0) is 20.4. The standard InChI is InChI=1S/C23H24F2N2O2/c24-19-7-6-18(14-20(19)25)23(11-8-21(28)26-22(23)29)17-9-12-27(13-10-17)15-16-4-2-1-3-5-16/h1-7,14,17H,8-13,15H2,(H,26,28,29). The first-order valence-corrected chi connectivity index (χ1v) is 10.0. The SMILES string of the molecule is O=C1CCC(c2ccc(F)c(F)c2)(C2CCN(Cc3ccccc3)CC2)C(=O)N1. The zero-order valence-corrected chi connectivity index (χ0v) is 16.2. The van der Waals surface area contributed by atoms with Crippen LogP contribution in [0.3, 0.4) is 0 Å². The van der Waals surface area contributed by atoms with E-state index in [2.05, 4.69) is 22.3 Å². The summed E-state index contributed by atoms with van der Waals surface area (Å²) in [5.41, 5.74) is 0.701. The third-order valence-electron chi connectivity index (χ3n) is 6.37. The van der Waals surface area contributed by atoms with Crippen LogP contribution in [0, 0.1) is 17.6 Å². The average molecular weight is 398 g/mol.